The Morgan fingerprint density at radius 1 is 0.956 bits per heavy atom. The highest BCUT2D eigenvalue weighted by atomic mass is 19.4. The number of aryl methyl sites for hydroxylation is 1. The van der Waals surface area contributed by atoms with Gasteiger partial charge in [0.15, 0.2) is 0 Å². The zero-order valence-electron chi connectivity index (χ0n) is 26.4. The van der Waals surface area contributed by atoms with Crippen molar-refractivity contribution in [1.82, 2.24) is 24.5 Å². The maximum atomic E-state index is 14.6. The minimum atomic E-state index is -4.70. The molecular formula is C34H42F3N5O3. The standard InChI is InChI=1S/C34H42F3N5O3/c1-23-20-39(21-24(23)2)18-19-45-29-12-10-27(11-13-29)14-16-40-17-15-31(43)41(33(40)44)22-30(34(35,36)37)32-25(3)38-42(26(32)4)28-8-6-5-7-9-28/h5-13,23-24,30H,14-22H2,1-4H3. The number of para-hydroxylation sites is 1. The van der Waals surface area contributed by atoms with E-state index in [1.165, 1.54) is 16.5 Å². The fourth-order valence-electron chi connectivity index (χ4n) is 6.39. The number of alkyl halides is 3. The van der Waals surface area contributed by atoms with Crippen LogP contribution in [-0.4, -0.2) is 88.5 Å². The van der Waals surface area contributed by atoms with Crippen molar-refractivity contribution in [3.8, 4) is 11.4 Å². The van der Waals surface area contributed by atoms with E-state index in [0.717, 1.165) is 35.8 Å². The van der Waals surface area contributed by atoms with Crippen LogP contribution < -0.4 is 4.74 Å². The van der Waals surface area contributed by atoms with Crippen molar-refractivity contribution in [2.24, 2.45) is 11.8 Å². The SMILES string of the molecule is Cc1nn(-c2ccccc2)c(C)c1C(CN1C(=O)CCN(CCc2ccc(OCCN3CC(C)C(C)C3)cc2)C1=O)C(F)(F)F. The maximum absolute atomic E-state index is 14.6. The van der Waals surface area contributed by atoms with E-state index in [4.69, 9.17) is 4.74 Å². The molecule has 0 bridgehead atoms. The molecule has 11 heteroatoms. The topological polar surface area (TPSA) is 70.9 Å². The van der Waals surface area contributed by atoms with E-state index in [2.05, 4.69) is 23.8 Å². The molecular weight excluding hydrogens is 583 g/mol. The van der Waals surface area contributed by atoms with Crippen molar-refractivity contribution in [3.63, 3.8) is 0 Å². The van der Waals surface area contributed by atoms with Crippen LogP contribution in [0.5, 0.6) is 5.75 Å². The van der Waals surface area contributed by atoms with Crippen molar-refractivity contribution >= 4 is 11.9 Å². The van der Waals surface area contributed by atoms with Crippen LogP contribution in [0.15, 0.2) is 54.6 Å². The van der Waals surface area contributed by atoms with Gasteiger partial charge in [-0.1, -0.05) is 44.2 Å². The first-order chi connectivity index (χ1) is 21.4. The number of benzene rings is 2. The fourth-order valence-corrected chi connectivity index (χ4v) is 6.39. The molecule has 3 unspecified atom stereocenters. The number of likely N-dealkylation sites (tertiary alicyclic amines) is 1. The Labute approximate surface area is 262 Å². The molecule has 3 heterocycles. The molecule has 2 saturated heterocycles. The van der Waals surface area contributed by atoms with Gasteiger partial charge in [-0.2, -0.15) is 18.3 Å². The van der Waals surface area contributed by atoms with Crippen LogP contribution in [0, 0.1) is 25.7 Å². The first kappa shape index (κ1) is 32.5. The van der Waals surface area contributed by atoms with Gasteiger partial charge in [0.1, 0.15) is 18.3 Å². The molecule has 8 nitrogen and oxygen atoms in total. The van der Waals surface area contributed by atoms with Crippen LogP contribution in [-0.2, 0) is 11.2 Å². The molecule has 242 valence electrons. The summed E-state index contributed by atoms with van der Waals surface area (Å²) in [6, 6.07) is 15.9. The van der Waals surface area contributed by atoms with Gasteiger partial charge < -0.3 is 9.64 Å². The minimum absolute atomic E-state index is 0.0177. The lowest BCUT2D eigenvalue weighted by Crippen LogP contribution is -2.54. The van der Waals surface area contributed by atoms with Gasteiger partial charge in [0.2, 0.25) is 5.91 Å². The highest BCUT2D eigenvalue weighted by molar-refractivity contribution is 5.96. The average Bonchev–Trinajstić information content (AvgIpc) is 3.48. The van der Waals surface area contributed by atoms with E-state index in [1.54, 1.807) is 31.2 Å². The number of urea groups is 1. The summed E-state index contributed by atoms with van der Waals surface area (Å²) < 4.78 is 51.1. The van der Waals surface area contributed by atoms with Crippen LogP contribution in [0.1, 0.15) is 48.7 Å². The monoisotopic (exact) mass is 625 g/mol. The van der Waals surface area contributed by atoms with Crippen LogP contribution in [0.25, 0.3) is 5.69 Å². The molecule has 0 spiro atoms. The van der Waals surface area contributed by atoms with Crippen molar-refractivity contribution in [2.75, 3.05) is 45.9 Å². The fraction of sp³-hybridized carbons (Fsp3) is 0.500. The van der Waals surface area contributed by atoms with E-state index in [1.807, 2.05) is 30.3 Å². The molecule has 2 fully saturated rings. The molecule has 3 amide bonds. The lowest BCUT2D eigenvalue weighted by Gasteiger charge is -2.36. The van der Waals surface area contributed by atoms with Crippen molar-refractivity contribution in [3.05, 3.63) is 77.1 Å². The second kappa shape index (κ2) is 13.6. The number of rotatable bonds is 11. The van der Waals surface area contributed by atoms with Crippen LogP contribution in [0.3, 0.4) is 0 Å². The predicted molar refractivity (Wildman–Crippen MR) is 166 cm³/mol. The van der Waals surface area contributed by atoms with E-state index in [9.17, 15) is 22.8 Å². The molecule has 45 heavy (non-hydrogen) atoms. The van der Waals surface area contributed by atoms with Gasteiger partial charge in [-0.25, -0.2) is 9.48 Å². The number of carbonyl (C=O) groups excluding carboxylic acids is 2. The summed E-state index contributed by atoms with van der Waals surface area (Å²) in [6.45, 7) is 11.0. The molecule has 5 rings (SSSR count). The lowest BCUT2D eigenvalue weighted by atomic mass is 9.95. The van der Waals surface area contributed by atoms with Crippen LogP contribution in [0.4, 0.5) is 18.0 Å². The average molecular weight is 626 g/mol. The predicted octanol–water partition coefficient (Wildman–Crippen LogP) is 6.00. The molecule has 0 aliphatic carbocycles. The first-order valence-corrected chi connectivity index (χ1v) is 15.6. The van der Waals surface area contributed by atoms with Crippen molar-refractivity contribution < 1.29 is 27.5 Å². The third-order valence-electron chi connectivity index (χ3n) is 9.19. The minimum Gasteiger partial charge on any atom is -0.492 e. The third kappa shape index (κ3) is 7.52. The number of nitrogens with zero attached hydrogens (tertiary/aromatic N) is 5. The lowest BCUT2D eigenvalue weighted by molar-refractivity contribution is -0.157. The summed E-state index contributed by atoms with van der Waals surface area (Å²) in [6.07, 6.45) is -4.22. The molecule has 0 radical (unpaired) electrons. The number of hydrogen-bond acceptors (Lipinski definition) is 5. The Bertz CT molecular complexity index is 1460. The van der Waals surface area contributed by atoms with Crippen molar-refractivity contribution in [2.45, 2.75) is 52.6 Å². The molecule has 0 N–H and O–H groups in total. The van der Waals surface area contributed by atoms with Crippen molar-refractivity contribution in [1.29, 1.82) is 0 Å². The zero-order chi connectivity index (χ0) is 32.3. The molecule has 3 atom stereocenters. The molecule has 2 aromatic carbocycles. The van der Waals surface area contributed by atoms with Crippen LogP contribution in [0.2, 0.25) is 0 Å². The molecule has 2 aliphatic heterocycles. The van der Waals surface area contributed by atoms with Gasteiger partial charge in [0.25, 0.3) is 0 Å². The van der Waals surface area contributed by atoms with Gasteiger partial charge in [0, 0.05) is 56.9 Å². The van der Waals surface area contributed by atoms with E-state index >= 15 is 0 Å². The Hall–Kier alpha value is -3.86. The quantitative estimate of drug-likeness (QED) is 0.262. The summed E-state index contributed by atoms with van der Waals surface area (Å²) >= 11 is 0. The van der Waals surface area contributed by atoms with E-state index in [-0.39, 0.29) is 30.8 Å². The Kier molecular flexibility index (Phi) is 9.86. The Balaban J connectivity index is 1.20. The highest BCUT2D eigenvalue weighted by Crippen LogP contribution is 2.39. The number of halogens is 3. The Morgan fingerprint density at radius 2 is 1.62 bits per heavy atom. The van der Waals surface area contributed by atoms with Gasteiger partial charge >= 0.3 is 12.2 Å². The number of ether oxygens (including phenoxy) is 1. The summed E-state index contributed by atoms with van der Waals surface area (Å²) in [7, 11) is 0. The third-order valence-corrected chi connectivity index (χ3v) is 9.19. The Morgan fingerprint density at radius 3 is 2.27 bits per heavy atom. The summed E-state index contributed by atoms with van der Waals surface area (Å²) in [5.74, 6) is -0.496. The summed E-state index contributed by atoms with van der Waals surface area (Å²) in [5, 5.41) is 4.38. The number of carbonyl (C=O) groups is 2. The van der Waals surface area contributed by atoms with Gasteiger partial charge in [-0.05, 0) is 61.9 Å². The maximum Gasteiger partial charge on any atom is 0.397 e. The van der Waals surface area contributed by atoms with Crippen LogP contribution >= 0.6 is 0 Å². The number of aromatic nitrogens is 2. The second-order valence-electron chi connectivity index (χ2n) is 12.4. The van der Waals surface area contributed by atoms with E-state index < -0.39 is 30.6 Å². The normalized spacial score (nSPS) is 20.2. The molecule has 1 aromatic heterocycles. The smallest absolute Gasteiger partial charge is 0.397 e. The number of amides is 3. The molecule has 3 aromatic rings. The first-order valence-electron chi connectivity index (χ1n) is 15.6. The number of hydrogen-bond donors (Lipinski definition) is 0. The zero-order valence-corrected chi connectivity index (χ0v) is 26.4. The molecule has 0 saturated carbocycles. The largest absolute Gasteiger partial charge is 0.492 e. The second-order valence-corrected chi connectivity index (χ2v) is 12.4. The summed E-state index contributed by atoms with van der Waals surface area (Å²) in [5.41, 5.74) is 2.11. The number of imide groups is 1. The van der Waals surface area contributed by atoms with Gasteiger partial charge in [-0.15, -0.1) is 0 Å². The molecule has 2 aliphatic rings. The van der Waals surface area contributed by atoms with E-state index in [0.29, 0.717) is 36.2 Å². The summed E-state index contributed by atoms with van der Waals surface area (Å²) in [4.78, 5) is 30.9. The highest BCUT2D eigenvalue weighted by Gasteiger charge is 2.47. The van der Waals surface area contributed by atoms with Gasteiger partial charge in [-0.3, -0.25) is 14.6 Å². The van der Waals surface area contributed by atoms with Gasteiger partial charge in [0.05, 0.1) is 11.4 Å².